The Kier molecular flexibility index (Phi) is 3.29. The van der Waals surface area contributed by atoms with Gasteiger partial charge in [-0.05, 0) is 36.0 Å². The predicted octanol–water partition coefficient (Wildman–Crippen LogP) is 4.26. The highest BCUT2D eigenvalue weighted by molar-refractivity contribution is 9.09. The fraction of sp³-hybridized carbons (Fsp3) is 0.533. The van der Waals surface area contributed by atoms with Crippen LogP contribution in [0.4, 0.5) is 0 Å². The van der Waals surface area contributed by atoms with Gasteiger partial charge in [0, 0.05) is 4.83 Å². The summed E-state index contributed by atoms with van der Waals surface area (Å²) in [7, 11) is 0. The Morgan fingerprint density at radius 1 is 1.16 bits per heavy atom. The van der Waals surface area contributed by atoms with E-state index in [1.807, 2.05) is 6.07 Å². The zero-order valence-electron chi connectivity index (χ0n) is 11.1. The van der Waals surface area contributed by atoms with Gasteiger partial charge in [-0.25, -0.2) is 4.79 Å². The number of benzene rings is 1. The normalized spacial score (nSPS) is 20.5. The minimum Gasteiger partial charge on any atom is -0.306 e. The Morgan fingerprint density at radius 3 is 2.58 bits per heavy atom. The molecule has 0 bridgehead atoms. The lowest BCUT2D eigenvalue weighted by Gasteiger charge is -2.38. The lowest BCUT2D eigenvalue weighted by atomic mass is 9.72. The highest BCUT2D eigenvalue weighted by atomic mass is 79.9. The monoisotopic (exact) mass is 322 g/mol. The number of aromatic nitrogens is 2. The zero-order chi connectivity index (χ0) is 13.5. The quantitative estimate of drug-likeness (QED) is 0.797. The Bertz CT molecular complexity index is 637. The summed E-state index contributed by atoms with van der Waals surface area (Å²) in [6.07, 6.45) is 6.54. The molecule has 102 valence electrons. The van der Waals surface area contributed by atoms with Gasteiger partial charge in [0.15, 0.2) is 0 Å². The molecule has 1 saturated carbocycles. The second kappa shape index (κ2) is 4.82. The van der Waals surface area contributed by atoms with Gasteiger partial charge in [-0.2, -0.15) is 0 Å². The fourth-order valence-corrected chi connectivity index (χ4v) is 3.97. The van der Waals surface area contributed by atoms with Gasteiger partial charge < -0.3 is 9.97 Å². The average molecular weight is 323 g/mol. The maximum absolute atomic E-state index is 11.3. The Labute approximate surface area is 120 Å². The van der Waals surface area contributed by atoms with Crippen molar-refractivity contribution in [1.82, 2.24) is 9.97 Å². The molecular formula is C15H19BrN2O. The summed E-state index contributed by atoms with van der Waals surface area (Å²) in [5, 5.41) is 0. The third-order valence-corrected chi connectivity index (χ3v) is 6.07. The summed E-state index contributed by atoms with van der Waals surface area (Å²) in [4.78, 5) is 17.3. The molecule has 0 saturated heterocycles. The van der Waals surface area contributed by atoms with Gasteiger partial charge in [0.05, 0.1) is 11.0 Å². The molecule has 4 heteroatoms. The number of fused-ring (bicyclic) bond motifs is 1. The van der Waals surface area contributed by atoms with E-state index >= 15 is 0 Å². The maximum atomic E-state index is 11.3. The average Bonchev–Trinajstić information content (AvgIpc) is 2.77. The molecule has 1 unspecified atom stereocenters. The Morgan fingerprint density at radius 2 is 1.84 bits per heavy atom. The minimum atomic E-state index is -0.137. The summed E-state index contributed by atoms with van der Waals surface area (Å²) in [6, 6.07) is 6.20. The topological polar surface area (TPSA) is 48.6 Å². The molecule has 2 aromatic rings. The van der Waals surface area contributed by atoms with Crippen LogP contribution < -0.4 is 5.69 Å². The van der Waals surface area contributed by atoms with Crippen molar-refractivity contribution < 1.29 is 0 Å². The van der Waals surface area contributed by atoms with Crippen LogP contribution in [0.1, 0.15) is 49.4 Å². The van der Waals surface area contributed by atoms with Crippen molar-refractivity contribution in [2.45, 2.75) is 43.9 Å². The van der Waals surface area contributed by atoms with Crippen LogP contribution in [-0.2, 0) is 0 Å². The van der Waals surface area contributed by atoms with Gasteiger partial charge in [0.1, 0.15) is 0 Å². The first-order valence-electron chi connectivity index (χ1n) is 6.94. The van der Waals surface area contributed by atoms with E-state index in [0.717, 1.165) is 11.0 Å². The second-order valence-corrected chi connectivity index (χ2v) is 6.88. The van der Waals surface area contributed by atoms with Gasteiger partial charge in [0.25, 0.3) is 0 Å². The summed E-state index contributed by atoms with van der Waals surface area (Å²) < 4.78 is 0. The van der Waals surface area contributed by atoms with Gasteiger partial charge >= 0.3 is 5.69 Å². The number of rotatable bonds is 2. The van der Waals surface area contributed by atoms with E-state index in [2.05, 4.69) is 45.0 Å². The van der Waals surface area contributed by atoms with Crippen molar-refractivity contribution in [2.75, 3.05) is 0 Å². The molecule has 3 nitrogen and oxygen atoms in total. The van der Waals surface area contributed by atoms with Crippen molar-refractivity contribution in [3.05, 3.63) is 34.2 Å². The minimum absolute atomic E-state index is 0.137. The smallest absolute Gasteiger partial charge is 0.306 e. The lowest BCUT2D eigenvalue weighted by molar-refractivity contribution is 0.213. The molecular weight excluding hydrogens is 304 g/mol. The van der Waals surface area contributed by atoms with E-state index in [4.69, 9.17) is 0 Å². The molecule has 2 N–H and O–H groups in total. The number of aromatic amines is 2. The van der Waals surface area contributed by atoms with Crippen molar-refractivity contribution in [3.63, 3.8) is 0 Å². The van der Waals surface area contributed by atoms with Gasteiger partial charge in [-0.3, -0.25) is 0 Å². The van der Waals surface area contributed by atoms with E-state index in [1.54, 1.807) is 0 Å². The zero-order valence-corrected chi connectivity index (χ0v) is 12.7. The van der Waals surface area contributed by atoms with Crippen LogP contribution in [0.15, 0.2) is 23.0 Å². The van der Waals surface area contributed by atoms with Crippen LogP contribution in [0.25, 0.3) is 11.0 Å². The Balaban J connectivity index is 1.96. The van der Waals surface area contributed by atoms with Crippen molar-refractivity contribution >= 4 is 27.0 Å². The van der Waals surface area contributed by atoms with Crippen molar-refractivity contribution in [2.24, 2.45) is 5.41 Å². The molecule has 1 aromatic carbocycles. The number of halogens is 1. The van der Waals surface area contributed by atoms with E-state index in [9.17, 15) is 4.79 Å². The largest absolute Gasteiger partial charge is 0.323 e. The first-order chi connectivity index (χ1) is 9.08. The number of nitrogens with one attached hydrogen (secondary N) is 2. The van der Waals surface area contributed by atoms with Crippen LogP contribution >= 0.6 is 15.9 Å². The third kappa shape index (κ3) is 2.38. The molecule has 0 amide bonds. The Hall–Kier alpha value is -1.03. The first kappa shape index (κ1) is 13.0. The molecule has 0 radical (unpaired) electrons. The molecule has 1 aromatic heterocycles. The van der Waals surface area contributed by atoms with Crippen LogP contribution in [0.2, 0.25) is 0 Å². The molecule has 3 rings (SSSR count). The van der Waals surface area contributed by atoms with Crippen molar-refractivity contribution in [1.29, 1.82) is 0 Å². The van der Waals surface area contributed by atoms with Gasteiger partial charge in [-0.15, -0.1) is 0 Å². The number of hydrogen-bond donors (Lipinski definition) is 2. The second-order valence-electron chi connectivity index (χ2n) is 5.96. The van der Waals surface area contributed by atoms with Crippen LogP contribution in [0.5, 0.6) is 0 Å². The third-order valence-electron chi connectivity index (χ3n) is 4.44. The van der Waals surface area contributed by atoms with Crippen molar-refractivity contribution in [3.8, 4) is 0 Å². The molecule has 0 spiro atoms. The number of H-pyrrole nitrogens is 2. The SMILES string of the molecule is CC1(C(Br)c2ccc3[nH]c(=O)[nH]c3c2)CCCCC1. The first-order valence-corrected chi connectivity index (χ1v) is 7.86. The summed E-state index contributed by atoms with van der Waals surface area (Å²) >= 11 is 3.89. The molecule has 1 fully saturated rings. The molecule has 1 atom stereocenters. The number of imidazole rings is 1. The highest BCUT2D eigenvalue weighted by Crippen LogP contribution is 2.50. The molecule has 1 heterocycles. The standard InChI is InChI=1S/C15H19BrN2O/c1-15(7-3-2-4-8-15)13(16)10-5-6-11-12(9-10)18-14(19)17-11/h5-6,9,13H,2-4,7-8H2,1H3,(H2,17,18,19). The fourth-order valence-electron chi connectivity index (χ4n) is 3.22. The number of hydrogen-bond acceptors (Lipinski definition) is 1. The van der Waals surface area contributed by atoms with E-state index in [0.29, 0.717) is 10.2 Å². The number of alkyl halides is 1. The van der Waals surface area contributed by atoms with Crippen LogP contribution in [0.3, 0.4) is 0 Å². The highest BCUT2D eigenvalue weighted by Gasteiger charge is 2.34. The molecule has 1 aliphatic carbocycles. The van der Waals surface area contributed by atoms with Gasteiger partial charge in [0.2, 0.25) is 0 Å². The summed E-state index contributed by atoms with van der Waals surface area (Å²) in [6.45, 7) is 2.37. The predicted molar refractivity (Wildman–Crippen MR) is 81.8 cm³/mol. The molecule has 19 heavy (non-hydrogen) atoms. The molecule has 1 aliphatic rings. The van der Waals surface area contributed by atoms with E-state index < -0.39 is 0 Å². The molecule has 0 aliphatic heterocycles. The maximum Gasteiger partial charge on any atom is 0.323 e. The van der Waals surface area contributed by atoms with Gasteiger partial charge in [-0.1, -0.05) is 48.2 Å². The summed E-state index contributed by atoms with van der Waals surface area (Å²) in [5.41, 5.74) is 3.21. The van der Waals surface area contributed by atoms with E-state index in [-0.39, 0.29) is 5.69 Å². The van der Waals surface area contributed by atoms with Crippen LogP contribution in [-0.4, -0.2) is 9.97 Å². The lowest BCUT2D eigenvalue weighted by Crippen LogP contribution is -2.25. The summed E-state index contributed by atoms with van der Waals surface area (Å²) in [5.74, 6) is 0. The van der Waals surface area contributed by atoms with E-state index in [1.165, 1.54) is 37.7 Å². The van der Waals surface area contributed by atoms with Crippen LogP contribution in [0, 0.1) is 5.41 Å².